The Bertz CT molecular complexity index is 1090. The van der Waals surface area contributed by atoms with E-state index < -0.39 is 0 Å². The maximum absolute atomic E-state index is 12.6. The van der Waals surface area contributed by atoms with Gasteiger partial charge in [0.15, 0.2) is 11.5 Å². The van der Waals surface area contributed by atoms with Gasteiger partial charge in [0.05, 0.1) is 12.1 Å². The minimum atomic E-state index is -0.160. The highest BCUT2D eigenvalue weighted by molar-refractivity contribution is 7.16. The van der Waals surface area contributed by atoms with E-state index >= 15 is 0 Å². The number of nitriles is 1. The summed E-state index contributed by atoms with van der Waals surface area (Å²) < 4.78 is 11.1. The van der Waals surface area contributed by atoms with E-state index in [-0.39, 0.29) is 24.8 Å². The van der Waals surface area contributed by atoms with Gasteiger partial charge >= 0.3 is 0 Å². The molecule has 34 heavy (non-hydrogen) atoms. The molecule has 1 aliphatic carbocycles. The number of benzene rings is 1. The van der Waals surface area contributed by atoms with Gasteiger partial charge in [-0.15, -0.1) is 11.3 Å². The number of likely N-dealkylation sites (N-methyl/N-ethyl adjacent to an activating group) is 1. The summed E-state index contributed by atoms with van der Waals surface area (Å²) in [6.45, 7) is 4.22. The van der Waals surface area contributed by atoms with Crippen molar-refractivity contribution in [3.8, 4) is 17.6 Å². The fourth-order valence-electron chi connectivity index (χ4n) is 4.27. The Morgan fingerprint density at radius 2 is 1.88 bits per heavy atom. The van der Waals surface area contributed by atoms with Gasteiger partial charge in [0.25, 0.3) is 0 Å². The van der Waals surface area contributed by atoms with Crippen LogP contribution in [0, 0.1) is 11.3 Å². The van der Waals surface area contributed by atoms with E-state index in [1.165, 1.54) is 22.6 Å². The molecular formula is C25H30N4O4S. The molecule has 9 heteroatoms. The van der Waals surface area contributed by atoms with Crippen molar-refractivity contribution in [2.75, 3.05) is 43.5 Å². The van der Waals surface area contributed by atoms with Crippen LogP contribution in [0.15, 0.2) is 18.2 Å². The number of ether oxygens (including phenoxy) is 2. The van der Waals surface area contributed by atoms with Crippen LogP contribution in [0.3, 0.4) is 0 Å². The van der Waals surface area contributed by atoms with Gasteiger partial charge in [-0.25, -0.2) is 0 Å². The van der Waals surface area contributed by atoms with Crippen molar-refractivity contribution in [3.05, 3.63) is 34.2 Å². The highest BCUT2D eigenvalue weighted by Crippen LogP contribution is 2.37. The van der Waals surface area contributed by atoms with Crippen LogP contribution in [-0.4, -0.2) is 49.6 Å². The molecule has 0 saturated heterocycles. The summed E-state index contributed by atoms with van der Waals surface area (Å²) in [7, 11) is 0. The summed E-state index contributed by atoms with van der Waals surface area (Å²) in [4.78, 5) is 28.3. The Labute approximate surface area is 203 Å². The first-order valence-electron chi connectivity index (χ1n) is 11.8. The summed E-state index contributed by atoms with van der Waals surface area (Å²) in [6, 6.07) is 7.62. The minimum absolute atomic E-state index is 0.140. The number of carbonyl (C=O) groups is 2. The zero-order valence-corrected chi connectivity index (χ0v) is 20.3. The molecule has 4 rings (SSSR count). The summed E-state index contributed by atoms with van der Waals surface area (Å²) in [5.41, 5.74) is 2.39. The number of nitrogens with one attached hydrogen (secondary N) is 2. The van der Waals surface area contributed by atoms with Gasteiger partial charge in [0, 0.05) is 29.6 Å². The second-order valence-electron chi connectivity index (χ2n) is 8.45. The van der Waals surface area contributed by atoms with Crippen LogP contribution < -0.4 is 20.1 Å². The lowest BCUT2D eigenvalue weighted by molar-refractivity contribution is -0.119. The Morgan fingerprint density at radius 1 is 1.09 bits per heavy atom. The molecule has 1 aliphatic heterocycles. The number of carbonyl (C=O) groups excluding carboxylic acids is 2. The predicted molar refractivity (Wildman–Crippen MR) is 132 cm³/mol. The first kappa shape index (κ1) is 24.0. The van der Waals surface area contributed by atoms with Crippen molar-refractivity contribution < 1.29 is 19.1 Å². The van der Waals surface area contributed by atoms with E-state index in [0.29, 0.717) is 54.1 Å². The molecule has 180 valence electrons. The lowest BCUT2D eigenvalue weighted by Crippen LogP contribution is -2.35. The number of fused-ring (bicyclic) bond motifs is 2. The standard InChI is InChI=1S/C25H30N4O4S/c1-2-29(16-24(31)27-17-8-9-20-21(14-17)33-13-12-32-20)11-10-23(30)28-25-19(15-26)18-6-4-3-5-7-22(18)34-25/h8-9,14H,2-7,10-13,16H2,1H3,(H,27,31)(H,28,30). The molecule has 0 spiro atoms. The first-order valence-corrected chi connectivity index (χ1v) is 12.7. The average molecular weight is 483 g/mol. The molecule has 0 atom stereocenters. The number of hydrogen-bond acceptors (Lipinski definition) is 7. The van der Waals surface area contributed by atoms with E-state index in [2.05, 4.69) is 16.7 Å². The van der Waals surface area contributed by atoms with Crippen LogP contribution in [0.2, 0.25) is 0 Å². The van der Waals surface area contributed by atoms with Gasteiger partial charge in [0.1, 0.15) is 24.3 Å². The Balaban J connectivity index is 1.28. The van der Waals surface area contributed by atoms with E-state index in [4.69, 9.17) is 9.47 Å². The fourth-order valence-corrected chi connectivity index (χ4v) is 5.53. The monoisotopic (exact) mass is 482 g/mol. The number of thiophene rings is 1. The van der Waals surface area contributed by atoms with Gasteiger partial charge in [-0.2, -0.15) is 5.26 Å². The number of nitrogens with zero attached hydrogens (tertiary/aromatic N) is 2. The highest BCUT2D eigenvalue weighted by atomic mass is 32.1. The SMILES string of the molecule is CCN(CCC(=O)Nc1sc2c(c1C#N)CCCCC2)CC(=O)Nc1ccc2c(c1)OCCO2. The summed E-state index contributed by atoms with van der Waals surface area (Å²) in [6.07, 6.45) is 5.54. The van der Waals surface area contributed by atoms with Crippen molar-refractivity contribution in [2.45, 2.75) is 45.4 Å². The summed E-state index contributed by atoms with van der Waals surface area (Å²) in [5, 5.41) is 16.1. The normalized spacial score (nSPS) is 14.6. The lowest BCUT2D eigenvalue weighted by atomic mass is 10.1. The smallest absolute Gasteiger partial charge is 0.238 e. The number of amides is 2. The van der Waals surface area contributed by atoms with Crippen molar-refractivity contribution in [2.24, 2.45) is 0 Å². The average Bonchev–Trinajstić information content (AvgIpc) is 2.99. The maximum Gasteiger partial charge on any atom is 0.238 e. The third-order valence-electron chi connectivity index (χ3n) is 6.08. The van der Waals surface area contributed by atoms with Gasteiger partial charge in [-0.1, -0.05) is 13.3 Å². The van der Waals surface area contributed by atoms with Gasteiger partial charge < -0.3 is 20.1 Å². The van der Waals surface area contributed by atoms with Crippen LogP contribution in [0.5, 0.6) is 11.5 Å². The highest BCUT2D eigenvalue weighted by Gasteiger charge is 2.21. The van der Waals surface area contributed by atoms with Gasteiger partial charge in [-0.3, -0.25) is 14.5 Å². The molecule has 0 radical (unpaired) electrons. The Kier molecular flexibility index (Phi) is 8.03. The van der Waals surface area contributed by atoms with Crippen molar-refractivity contribution in [1.29, 1.82) is 5.26 Å². The molecular weight excluding hydrogens is 452 g/mol. The molecule has 0 bridgehead atoms. The second kappa shape index (κ2) is 11.4. The fraction of sp³-hybridized carbons (Fsp3) is 0.480. The molecule has 2 aromatic rings. The first-order chi connectivity index (χ1) is 16.6. The third kappa shape index (κ3) is 5.88. The quantitative estimate of drug-likeness (QED) is 0.552. The molecule has 2 N–H and O–H groups in total. The van der Waals surface area contributed by atoms with Gasteiger partial charge in [0.2, 0.25) is 11.8 Å². The molecule has 2 heterocycles. The van der Waals surface area contributed by atoms with Gasteiger partial charge in [-0.05, 0) is 49.9 Å². The molecule has 1 aromatic carbocycles. The van der Waals surface area contributed by atoms with E-state index in [0.717, 1.165) is 31.2 Å². The predicted octanol–water partition coefficient (Wildman–Crippen LogP) is 3.95. The van der Waals surface area contributed by atoms with E-state index in [9.17, 15) is 14.9 Å². The minimum Gasteiger partial charge on any atom is -0.486 e. The molecule has 0 saturated carbocycles. The van der Waals surface area contributed by atoms with E-state index in [1.807, 2.05) is 11.8 Å². The van der Waals surface area contributed by atoms with Crippen molar-refractivity contribution in [3.63, 3.8) is 0 Å². The van der Waals surface area contributed by atoms with Crippen LogP contribution in [0.1, 0.15) is 48.6 Å². The summed E-state index contributed by atoms with van der Waals surface area (Å²) in [5.74, 6) is 0.995. The zero-order chi connectivity index (χ0) is 23.9. The maximum atomic E-state index is 12.6. The van der Waals surface area contributed by atoms with E-state index in [1.54, 1.807) is 18.2 Å². The number of anilines is 2. The molecule has 1 aromatic heterocycles. The van der Waals surface area contributed by atoms with Crippen LogP contribution in [0.25, 0.3) is 0 Å². The van der Waals surface area contributed by atoms with Crippen LogP contribution in [-0.2, 0) is 22.4 Å². The van der Waals surface area contributed by atoms with Crippen molar-refractivity contribution >= 4 is 33.8 Å². The number of hydrogen-bond donors (Lipinski definition) is 2. The largest absolute Gasteiger partial charge is 0.486 e. The topological polar surface area (TPSA) is 104 Å². The molecule has 2 amide bonds. The molecule has 8 nitrogen and oxygen atoms in total. The lowest BCUT2D eigenvalue weighted by Gasteiger charge is -2.21. The molecule has 0 unspecified atom stereocenters. The summed E-state index contributed by atoms with van der Waals surface area (Å²) >= 11 is 1.54. The number of aryl methyl sites for hydroxylation is 1. The second-order valence-corrected chi connectivity index (χ2v) is 9.56. The van der Waals surface area contributed by atoms with Crippen molar-refractivity contribution in [1.82, 2.24) is 4.90 Å². The zero-order valence-electron chi connectivity index (χ0n) is 19.4. The molecule has 0 fully saturated rings. The molecule has 2 aliphatic rings. The van der Waals surface area contributed by atoms with Crippen LogP contribution in [0.4, 0.5) is 10.7 Å². The Hall–Kier alpha value is -3.09. The van der Waals surface area contributed by atoms with Crippen LogP contribution >= 0.6 is 11.3 Å². The third-order valence-corrected chi connectivity index (χ3v) is 7.29. The Morgan fingerprint density at radius 3 is 2.68 bits per heavy atom. The number of rotatable bonds is 8.